The van der Waals surface area contributed by atoms with Gasteiger partial charge in [-0.2, -0.15) is 0 Å². The molecule has 1 saturated heterocycles. The van der Waals surface area contributed by atoms with Crippen molar-refractivity contribution in [3.05, 3.63) is 24.3 Å². The summed E-state index contributed by atoms with van der Waals surface area (Å²) in [5.74, 6) is 0.993. The zero-order chi connectivity index (χ0) is 15.2. The summed E-state index contributed by atoms with van der Waals surface area (Å²) in [6, 6.07) is 7.24. The van der Waals surface area contributed by atoms with Crippen LogP contribution in [0.15, 0.2) is 29.2 Å². The summed E-state index contributed by atoms with van der Waals surface area (Å²) < 4.78 is 11.5. The van der Waals surface area contributed by atoms with E-state index in [-0.39, 0.29) is 5.91 Å². The van der Waals surface area contributed by atoms with Crippen LogP contribution in [0.3, 0.4) is 0 Å². The van der Waals surface area contributed by atoms with Gasteiger partial charge >= 0.3 is 0 Å². The van der Waals surface area contributed by atoms with Crippen molar-refractivity contribution in [1.29, 1.82) is 0 Å². The molecule has 3 atom stereocenters. The Hall–Kier alpha value is -1.20. The normalized spacial score (nSPS) is 21.5. The largest absolute Gasteiger partial charge is 0.326 e. The van der Waals surface area contributed by atoms with Gasteiger partial charge in [-0.15, -0.1) is 0 Å². The molecule has 0 radical (unpaired) electrons. The van der Waals surface area contributed by atoms with E-state index in [0.29, 0.717) is 18.3 Å². The first kappa shape index (κ1) is 16.2. The molecule has 5 heteroatoms. The smallest absolute Gasteiger partial charge is 0.224 e. The maximum atomic E-state index is 12.1. The van der Waals surface area contributed by atoms with Crippen LogP contribution in [0, 0.1) is 11.8 Å². The van der Waals surface area contributed by atoms with Crippen molar-refractivity contribution < 1.29 is 9.00 Å². The van der Waals surface area contributed by atoms with Crippen LogP contribution in [0.25, 0.3) is 0 Å². The molecule has 1 aliphatic heterocycles. The number of hydrogen-bond donors (Lipinski definition) is 2. The number of hydrogen-bond acceptors (Lipinski definition) is 3. The molecule has 1 amide bonds. The molecule has 0 saturated carbocycles. The summed E-state index contributed by atoms with van der Waals surface area (Å²) in [5.41, 5.74) is 0.724. The second-order valence-corrected chi connectivity index (χ2v) is 7.20. The Morgan fingerprint density at radius 3 is 3.00 bits per heavy atom. The lowest BCUT2D eigenvalue weighted by molar-refractivity contribution is -0.117. The number of anilines is 1. The molecular formula is C16H24N2O2S. The van der Waals surface area contributed by atoms with Crippen molar-refractivity contribution in [1.82, 2.24) is 5.32 Å². The highest BCUT2D eigenvalue weighted by Crippen LogP contribution is 2.23. The molecule has 2 rings (SSSR count). The van der Waals surface area contributed by atoms with Crippen molar-refractivity contribution in [3.63, 3.8) is 0 Å². The van der Waals surface area contributed by atoms with Gasteiger partial charge in [0.1, 0.15) is 0 Å². The van der Waals surface area contributed by atoms with Gasteiger partial charge in [0.05, 0.1) is 0 Å². The van der Waals surface area contributed by atoms with Gasteiger partial charge in [0.15, 0.2) is 0 Å². The van der Waals surface area contributed by atoms with E-state index in [1.165, 1.54) is 12.8 Å². The molecule has 1 aromatic carbocycles. The molecule has 2 N–H and O–H groups in total. The van der Waals surface area contributed by atoms with E-state index in [9.17, 15) is 9.00 Å². The van der Waals surface area contributed by atoms with Crippen LogP contribution in [0.1, 0.15) is 26.2 Å². The summed E-state index contributed by atoms with van der Waals surface area (Å²) in [6.45, 7) is 4.25. The van der Waals surface area contributed by atoms with Gasteiger partial charge < -0.3 is 10.6 Å². The molecule has 0 spiro atoms. The lowest BCUT2D eigenvalue weighted by Crippen LogP contribution is -2.34. The Morgan fingerprint density at radius 2 is 2.33 bits per heavy atom. The van der Waals surface area contributed by atoms with Crippen LogP contribution in [0.4, 0.5) is 5.69 Å². The van der Waals surface area contributed by atoms with E-state index in [1.54, 1.807) is 12.3 Å². The van der Waals surface area contributed by atoms with Crippen LogP contribution in [0.5, 0.6) is 0 Å². The standard InChI is InChI=1S/C16H24N2O2S/c1-12(13-5-4-8-17-11-13)9-16(19)18-14-6-3-7-15(10-14)21(2)20/h3,6-7,10,12-13,17H,4-5,8-9,11H2,1-2H3,(H,18,19). The zero-order valence-electron chi connectivity index (χ0n) is 12.7. The number of nitrogens with one attached hydrogen (secondary N) is 2. The van der Waals surface area contributed by atoms with E-state index in [0.717, 1.165) is 23.7 Å². The first-order valence-electron chi connectivity index (χ1n) is 7.50. The summed E-state index contributed by atoms with van der Waals surface area (Å²) >= 11 is 0. The van der Waals surface area contributed by atoms with Crippen LogP contribution in [-0.2, 0) is 15.6 Å². The molecule has 1 heterocycles. The second kappa shape index (κ2) is 7.71. The maximum Gasteiger partial charge on any atom is 0.224 e. The van der Waals surface area contributed by atoms with Crippen LogP contribution >= 0.6 is 0 Å². The first-order valence-corrected chi connectivity index (χ1v) is 9.06. The summed E-state index contributed by atoms with van der Waals surface area (Å²) in [6.07, 6.45) is 4.57. The van der Waals surface area contributed by atoms with E-state index >= 15 is 0 Å². The Kier molecular flexibility index (Phi) is 5.94. The van der Waals surface area contributed by atoms with Gasteiger partial charge in [0.2, 0.25) is 5.91 Å². The quantitative estimate of drug-likeness (QED) is 0.878. The number of benzene rings is 1. The lowest BCUT2D eigenvalue weighted by atomic mass is 9.85. The molecule has 3 unspecified atom stereocenters. The zero-order valence-corrected chi connectivity index (χ0v) is 13.5. The second-order valence-electron chi connectivity index (χ2n) is 5.82. The number of piperidine rings is 1. The molecule has 21 heavy (non-hydrogen) atoms. The molecular weight excluding hydrogens is 284 g/mol. The van der Waals surface area contributed by atoms with Crippen molar-refractivity contribution in [3.8, 4) is 0 Å². The molecule has 0 aliphatic carbocycles. The fraction of sp³-hybridized carbons (Fsp3) is 0.562. The molecule has 1 aliphatic rings. The number of rotatable bonds is 5. The average molecular weight is 308 g/mol. The van der Waals surface area contributed by atoms with E-state index in [2.05, 4.69) is 17.6 Å². The Balaban J connectivity index is 1.89. The highest BCUT2D eigenvalue weighted by Gasteiger charge is 2.22. The fourth-order valence-electron chi connectivity index (χ4n) is 2.79. The Bertz CT molecular complexity index is 513. The van der Waals surface area contributed by atoms with Crippen molar-refractivity contribution >= 4 is 22.4 Å². The topological polar surface area (TPSA) is 58.2 Å². The van der Waals surface area contributed by atoms with Crippen LogP contribution < -0.4 is 10.6 Å². The minimum Gasteiger partial charge on any atom is -0.326 e. The van der Waals surface area contributed by atoms with Gasteiger partial charge in [0, 0.05) is 34.1 Å². The first-order chi connectivity index (χ1) is 10.1. The third-order valence-electron chi connectivity index (χ3n) is 4.10. The average Bonchev–Trinajstić information content (AvgIpc) is 2.48. The highest BCUT2D eigenvalue weighted by atomic mass is 32.2. The van der Waals surface area contributed by atoms with Crippen molar-refractivity contribution in [2.24, 2.45) is 11.8 Å². The lowest BCUT2D eigenvalue weighted by Gasteiger charge is -2.28. The molecule has 116 valence electrons. The molecule has 0 aromatic heterocycles. The minimum atomic E-state index is -1.03. The van der Waals surface area contributed by atoms with E-state index in [1.807, 2.05) is 18.2 Å². The van der Waals surface area contributed by atoms with E-state index < -0.39 is 10.8 Å². The highest BCUT2D eigenvalue weighted by molar-refractivity contribution is 7.84. The summed E-state index contributed by atoms with van der Waals surface area (Å²) in [5, 5.41) is 6.31. The molecule has 1 fully saturated rings. The third kappa shape index (κ3) is 4.93. The monoisotopic (exact) mass is 308 g/mol. The molecule has 0 bridgehead atoms. The molecule has 4 nitrogen and oxygen atoms in total. The van der Waals surface area contributed by atoms with Gasteiger partial charge in [-0.1, -0.05) is 13.0 Å². The van der Waals surface area contributed by atoms with Gasteiger partial charge in [-0.05, 0) is 56.0 Å². The predicted molar refractivity (Wildman–Crippen MR) is 86.8 cm³/mol. The Labute approximate surface area is 129 Å². The number of amides is 1. The number of carbonyl (C=O) groups excluding carboxylic acids is 1. The van der Waals surface area contributed by atoms with E-state index in [4.69, 9.17) is 0 Å². The number of carbonyl (C=O) groups is 1. The minimum absolute atomic E-state index is 0.0344. The maximum absolute atomic E-state index is 12.1. The van der Waals surface area contributed by atoms with Crippen molar-refractivity contribution in [2.75, 3.05) is 24.7 Å². The summed E-state index contributed by atoms with van der Waals surface area (Å²) in [7, 11) is -1.03. The van der Waals surface area contributed by atoms with Crippen LogP contribution in [-0.4, -0.2) is 29.5 Å². The SMILES string of the molecule is CC(CC(=O)Nc1cccc(S(C)=O)c1)C1CCCNC1. The third-order valence-corrected chi connectivity index (χ3v) is 5.01. The Morgan fingerprint density at radius 1 is 1.52 bits per heavy atom. The predicted octanol–water partition coefficient (Wildman–Crippen LogP) is 2.39. The van der Waals surface area contributed by atoms with Gasteiger partial charge in [-0.3, -0.25) is 9.00 Å². The van der Waals surface area contributed by atoms with Gasteiger partial charge in [0.25, 0.3) is 0 Å². The van der Waals surface area contributed by atoms with Crippen LogP contribution in [0.2, 0.25) is 0 Å². The fourth-order valence-corrected chi connectivity index (χ4v) is 3.35. The van der Waals surface area contributed by atoms with Gasteiger partial charge in [-0.25, -0.2) is 0 Å². The summed E-state index contributed by atoms with van der Waals surface area (Å²) in [4.78, 5) is 12.9. The molecule has 1 aromatic rings. The van der Waals surface area contributed by atoms with Crippen molar-refractivity contribution in [2.45, 2.75) is 31.1 Å².